The molecule has 6 nitrogen and oxygen atoms in total. The fraction of sp³-hybridized carbons (Fsp3) is 0.389. The van der Waals surface area contributed by atoms with Gasteiger partial charge in [0, 0.05) is 38.1 Å². The molecule has 1 saturated heterocycles. The van der Waals surface area contributed by atoms with E-state index in [1.54, 1.807) is 31.0 Å². The molecule has 1 aromatic heterocycles. The highest BCUT2D eigenvalue weighted by Gasteiger charge is 2.27. The number of likely N-dealkylation sites (N-methyl/N-ethyl adjacent to an activating group) is 1. The van der Waals surface area contributed by atoms with Gasteiger partial charge in [0.15, 0.2) is 0 Å². The zero-order valence-corrected chi connectivity index (χ0v) is 16.6. The van der Waals surface area contributed by atoms with Crippen LogP contribution in [0.15, 0.2) is 52.5 Å². The number of benzene rings is 1. The van der Waals surface area contributed by atoms with E-state index in [1.807, 2.05) is 31.3 Å². The van der Waals surface area contributed by atoms with Crippen molar-refractivity contribution in [1.29, 1.82) is 0 Å². The summed E-state index contributed by atoms with van der Waals surface area (Å²) in [5, 5.41) is 0.796. The quantitative estimate of drug-likeness (QED) is 0.702. The van der Waals surface area contributed by atoms with Crippen LogP contribution in [0.25, 0.3) is 0 Å². The molecule has 1 aliphatic heterocycles. The summed E-state index contributed by atoms with van der Waals surface area (Å²) in [5.74, 6) is 1.57. The number of methoxy groups -OCH3 is 1. The maximum atomic E-state index is 12.7. The highest BCUT2D eigenvalue weighted by atomic mass is 32.2. The van der Waals surface area contributed by atoms with E-state index in [0.717, 1.165) is 35.2 Å². The molecule has 1 fully saturated rings. The molecule has 0 N–H and O–H groups in total. The minimum Gasteiger partial charge on any atom is -0.497 e. The van der Waals surface area contributed by atoms with Crippen LogP contribution in [0.5, 0.6) is 5.75 Å². The SMILES string of the molecule is COc1cccc(CSc2ccc(S(=O)(=O)N3CCN(C)CC3)cn2)c1. The summed E-state index contributed by atoms with van der Waals surface area (Å²) in [6.45, 7) is 2.54. The van der Waals surface area contributed by atoms with Gasteiger partial charge in [0.25, 0.3) is 0 Å². The molecule has 1 aromatic carbocycles. The van der Waals surface area contributed by atoms with E-state index < -0.39 is 10.0 Å². The summed E-state index contributed by atoms with van der Waals surface area (Å²) in [4.78, 5) is 6.71. The summed E-state index contributed by atoms with van der Waals surface area (Å²) < 4.78 is 32.2. The lowest BCUT2D eigenvalue weighted by atomic mass is 10.2. The highest BCUT2D eigenvalue weighted by molar-refractivity contribution is 7.98. The van der Waals surface area contributed by atoms with Crippen LogP contribution in [0.4, 0.5) is 0 Å². The molecular weight excluding hydrogens is 370 g/mol. The molecule has 0 unspecified atom stereocenters. The van der Waals surface area contributed by atoms with Crippen molar-refractivity contribution in [2.24, 2.45) is 0 Å². The first-order valence-corrected chi connectivity index (χ1v) is 10.8. The second kappa shape index (κ2) is 8.39. The van der Waals surface area contributed by atoms with Gasteiger partial charge in [-0.25, -0.2) is 13.4 Å². The van der Waals surface area contributed by atoms with E-state index in [0.29, 0.717) is 13.1 Å². The Bertz CT molecular complexity index is 833. The first kappa shape index (κ1) is 19.2. The summed E-state index contributed by atoms with van der Waals surface area (Å²) in [6.07, 6.45) is 1.46. The number of ether oxygens (including phenoxy) is 1. The number of nitrogens with zero attached hydrogens (tertiary/aromatic N) is 3. The van der Waals surface area contributed by atoms with Gasteiger partial charge in [-0.3, -0.25) is 0 Å². The van der Waals surface area contributed by atoms with Gasteiger partial charge >= 0.3 is 0 Å². The van der Waals surface area contributed by atoms with E-state index >= 15 is 0 Å². The van der Waals surface area contributed by atoms with Crippen LogP contribution in [-0.4, -0.2) is 62.9 Å². The topological polar surface area (TPSA) is 62.7 Å². The molecule has 0 spiro atoms. The molecule has 26 heavy (non-hydrogen) atoms. The van der Waals surface area contributed by atoms with Gasteiger partial charge in [0.2, 0.25) is 10.0 Å². The van der Waals surface area contributed by atoms with Crippen molar-refractivity contribution in [3.8, 4) is 5.75 Å². The fourth-order valence-corrected chi connectivity index (χ4v) is 4.86. The van der Waals surface area contributed by atoms with Crippen molar-refractivity contribution in [3.63, 3.8) is 0 Å². The van der Waals surface area contributed by atoms with Gasteiger partial charge in [-0.15, -0.1) is 11.8 Å². The summed E-state index contributed by atoms with van der Waals surface area (Å²) in [6, 6.07) is 11.3. The number of piperazine rings is 1. The fourth-order valence-electron chi connectivity index (χ4n) is 2.70. The van der Waals surface area contributed by atoms with Gasteiger partial charge in [-0.1, -0.05) is 12.1 Å². The minimum atomic E-state index is -3.46. The van der Waals surface area contributed by atoms with Crippen LogP contribution in [0.2, 0.25) is 0 Å². The molecule has 0 atom stereocenters. The molecular formula is C18H23N3O3S2. The zero-order chi connectivity index (χ0) is 18.6. The number of thioether (sulfide) groups is 1. The van der Waals surface area contributed by atoms with E-state index in [4.69, 9.17) is 4.74 Å². The van der Waals surface area contributed by atoms with E-state index in [-0.39, 0.29) is 4.90 Å². The highest BCUT2D eigenvalue weighted by Crippen LogP contribution is 2.25. The van der Waals surface area contributed by atoms with Gasteiger partial charge in [0.1, 0.15) is 10.6 Å². The van der Waals surface area contributed by atoms with Crippen molar-refractivity contribution in [1.82, 2.24) is 14.2 Å². The molecule has 1 aliphatic rings. The lowest BCUT2D eigenvalue weighted by molar-refractivity contribution is 0.222. The second-order valence-electron chi connectivity index (χ2n) is 6.18. The maximum absolute atomic E-state index is 12.7. The van der Waals surface area contributed by atoms with Crippen molar-refractivity contribution in [2.45, 2.75) is 15.7 Å². The average Bonchev–Trinajstić information content (AvgIpc) is 2.67. The van der Waals surface area contributed by atoms with Gasteiger partial charge in [-0.2, -0.15) is 4.31 Å². The molecule has 0 radical (unpaired) electrons. The molecule has 8 heteroatoms. The molecule has 0 aliphatic carbocycles. The number of rotatable bonds is 6. The third kappa shape index (κ3) is 4.56. The Balaban J connectivity index is 1.64. The number of hydrogen-bond donors (Lipinski definition) is 0. The minimum absolute atomic E-state index is 0.257. The van der Waals surface area contributed by atoms with Crippen molar-refractivity contribution in [2.75, 3.05) is 40.3 Å². The Labute approximate surface area is 159 Å². The van der Waals surface area contributed by atoms with Crippen LogP contribution in [-0.2, 0) is 15.8 Å². The number of hydrogen-bond acceptors (Lipinski definition) is 6. The number of pyridine rings is 1. The third-order valence-corrected chi connectivity index (χ3v) is 7.23. The van der Waals surface area contributed by atoms with E-state index in [2.05, 4.69) is 9.88 Å². The first-order chi connectivity index (χ1) is 12.5. The molecule has 0 saturated carbocycles. The van der Waals surface area contributed by atoms with Crippen LogP contribution < -0.4 is 4.74 Å². The first-order valence-electron chi connectivity index (χ1n) is 8.39. The molecule has 2 heterocycles. The monoisotopic (exact) mass is 393 g/mol. The second-order valence-corrected chi connectivity index (χ2v) is 9.11. The molecule has 3 rings (SSSR count). The Morgan fingerprint density at radius 3 is 2.58 bits per heavy atom. The van der Waals surface area contributed by atoms with Crippen molar-refractivity contribution < 1.29 is 13.2 Å². The summed E-state index contributed by atoms with van der Waals surface area (Å²) >= 11 is 1.57. The van der Waals surface area contributed by atoms with Crippen molar-refractivity contribution in [3.05, 3.63) is 48.2 Å². The van der Waals surface area contributed by atoms with E-state index in [1.165, 1.54) is 10.5 Å². The standard InChI is InChI=1S/C18H23N3O3S2/c1-20-8-10-21(11-9-20)26(22,23)17-6-7-18(19-13-17)25-14-15-4-3-5-16(12-15)24-2/h3-7,12-13H,8-11,14H2,1-2H3. The number of sulfonamides is 1. The van der Waals surface area contributed by atoms with Crippen LogP contribution in [0.1, 0.15) is 5.56 Å². The Kier molecular flexibility index (Phi) is 6.18. The van der Waals surface area contributed by atoms with E-state index in [9.17, 15) is 8.42 Å². The Morgan fingerprint density at radius 1 is 1.15 bits per heavy atom. The molecule has 2 aromatic rings. The van der Waals surface area contributed by atoms with Crippen molar-refractivity contribution >= 4 is 21.8 Å². The molecule has 140 valence electrons. The normalized spacial score (nSPS) is 16.5. The predicted octanol–water partition coefficient (Wildman–Crippen LogP) is 2.32. The maximum Gasteiger partial charge on any atom is 0.244 e. The Hall–Kier alpha value is -1.61. The summed E-state index contributed by atoms with van der Waals surface area (Å²) in [7, 11) is 0.186. The number of aromatic nitrogens is 1. The molecule has 0 amide bonds. The van der Waals surface area contributed by atoms with Crippen LogP contribution in [0, 0.1) is 0 Å². The smallest absolute Gasteiger partial charge is 0.244 e. The summed E-state index contributed by atoms with van der Waals surface area (Å²) in [5.41, 5.74) is 1.13. The lowest BCUT2D eigenvalue weighted by Crippen LogP contribution is -2.47. The lowest BCUT2D eigenvalue weighted by Gasteiger charge is -2.31. The zero-order valence-electron chi connectivity index (χ0n) is 15.0. The van der Waals surface area contributed by atoms with Crippen LogP contribution >= 0.6 is 11.8 Å². The molecule has 0 bridgehead atoms. The van der Waals surface area contributed by atoms with Gasteiger partial charge in [-0.05, 0) is 36.9 Å². The van der Waals surface area contributed by atoms with Crippen LogP contribution in [0.3, 0.4) is 0 Å². The predicted molar refractivity (Wildman–Crippen MR) is 103 cm³/mol. The average molecular weight is 394 g/mol. The van der Waals surface area contributed by atoms with Gasteiger partial charge < -0.3 is 9.64 Å². The van der Waals surface area contributed by atoms with Gasteiger partial charge in [0.05, 0.1) is 12.1 Å². The largest absolute Gasteiger partial charge is 0.497 e. The Morgan fingerprint density at radius 2 is 1.92 bits per heavy atom. The third-order valence-electron chi connectivity index (χ3n) is 4.33.